The normalized spacial score (nSPS) is 16.4. The molecule has 1 aliphatic carbocycles. The predicted molar refractivity (Wildman–Crippen MR) is 73.4 cm³/mol. The van der Waals surface area contributed by atoms with Crippen molar-refractivity contribution in [3.63, 3.8) is 0 Å². The zero-order valence-corrected chi connectivity index (χ0v) is 11.8. The van der Waals surface area contributed by atoms with E-state index in [1.165, 1.54) is 31.2 Å². The number of nitrogens with zero attached hydrogens (tertiary/aromatic N) is 1. The van der Waals surface area contributed by atoms with Crippen LogP contribution in [-0.4, -0.2) is 24.2 Å². The van der Waals surface area contributed by atoms with Gasteiger partial charge in [-0.25, -0.2) is 4.98 Å². The number of anilines is 1. The van der Waals surface area contributed by atoms with Crippen LogP contribution >= 0.6 is 15.9 Å². The number of halogens is 1. The molecule has 0 bridgehead atoms. The van der Waals surface area contributed by atoms with Gasteiger partial charge in [0.1, 0.15) is 5.82 Å². The van der Waals surface area contributed by atoms with Crippen LogP contribution in [-0.2, 0) is 4.74 Å². The van der Waals surface area contributed by atoms with E-state index in [2.05, 4.69) is 33.2 Å². The van der Waals surface area contributed by atoms with Crippen molar-refractivity contribution in [1.29, 1.82) is 0 Å². The predicted octanol–water partition coefficient (Wildman–Crippen LogP) is 3.52. The van der Waals surface area contributed by atoms with Crippen molar-refractivity contribution in [2.45, 2.75) is 38.7 Å². The minimum absolute atomic E-state index is 0.497. The largest absolute Gasteiger partial charge is 0.376 e. The van der Waals surface area contributed by atoms with Crippen LogP contribution in [0.1, 0.15) is 31.2 Å². The monoisotopic (exact) mass is 298 g/mol. The van der Waals surface area contributed by atoms with Crippen LogP contribution in [0, 0.1) is 6.92 Å². The molecule has 0 atom stereocenters. The number of hydrogen-bond donors (Lipinski definition) is 1. The second-order valence-corrected chi connectivity index (χ2v) is 5.38. The van der Waals surface area contributed by atoms with E-state index in [-0.39, 0.29) is 0 Å². The molecule has 1 saturated carbocycles. The van der Waals surface area contributed by atoms with E-state index in [1.54, 1.807) is 0 Å². The molecule has 1 aliphatic rings. The van der Waals surface area contributed by atoms with Crippen molar-refractivity contribution < 1.29 is 4.74 Å². The smallest absolute Gasteiger partial charge is 0.126 e. The van der Waals surface area contributed by atoms with Gasteiger partial charge in [0.2, 0.25) is 0 Å². The second kappa shape index (κ2) is 6.36. The molecule has 3 nitrogen and oxygen atoms in total. The average molecular weight is 299 g/mol. The minimum Gasteiger partial charge on any atom is -0.376 e. The lowest BCUT2D eigenvalue weighted by Gasteiger charge is -2.12. The van der Waals surface area contributed by atoms with E-state index in [4.69, 9.17) is 4.74 Å². The summed E-state index contributed by atoms with van der Waals surface area (Å²) < 4.78 is 6.83. The van der Waals surface area contributed by atoms with Gasteiger partial charge in [0, 0.05) is 17.2 Å². The quantitative estimate of drug-likeness (QED) is 0.845. The summed E-state index contributed by atoms with van der Waals surface area (Å²) in [7, 11) is 0. The first kappa shape index (κ1) is 12.8. The molecular formula is C13H19BrN2O. The zero-order chi connectivity index (χ0) is 12.1. The van der Waals surface area contributed by atoms with Crippen LogP contribution in [0.2, 0.25) is 0 Å². The Morgan fingerprint density at radius 1 is 1.47 bits per heavy atom. The van der Waals surface area contributed by atoms with Crippen LogP contribution in [0.15, 0.2) is 16.7 Å². The van der Waals surface area contributed by atoms with Crippen LogP contribution in [0.4, 0.5) is 5.82 Å². The third-order valence-corrected chi connectivity index (χ3v) is 3.94. The van der Waals surface area contributed by atoms with Crippen LogP contribution < -0.4 is 5.32 Å². The third-order valence-electron chi connectivity index (χ3n) is 3.11. The van der Waals surface area contributed by atoms with Gasteiger partial charge < -0.3 is 10.1 Å². The Bertz CT molecular complexity index is 364. The maximum Gasteiger partial charge on any atom is 0.126 e. The molecule has 0 spiro atoms. The molecule has 4 heteroatoms. The van der Waals surface area contributed by atoms with Crippen molar-refractivity contribution in [2.75, 3.05) is 18.5 Å². The van der Waals surface area contributed by atoms with Gasteiger partial charge in [-0.2, -0.15) is 0 Å². The Morgan fingerprint density at radius 3 is 2.94 bits per heavy atom. The van der Waals surface area contributed by atoms with E-state index in [0.717, 1.165) is 23.4 Å². The lowest BCUT2D eigenvalue weighted by molar-refractivity contribution is 0.0658. The van der Waals surface area contributed by atoms with E-state index in [9.17, 15) is 0 Å². The van der Waals surface area contributed by atoms with Gasteiger partial charge in [0.05, 0.1) is 12.7 Å². The molecule has 0 aromatic carbocycles. The van der Waals surface area contributed by atoms with Crippen LogP contribution in [0.3, 0.4) is 0 Å². The summed E-state index contributed by atoms with van der Waals surface area (Å²) in [5.74, 6) is 0.917. The summed E-state index contributed by atoms with van der Waals surface area (Å²) in [5.41, 5.74) is 1.19. The fraction of sp³-hybridized carbons (Fsp3) is 0.615. The molecular weight excluding hydrogens is 280 g/mol. The van der Waals surface area contributed by atoms with Crippen molar-refractivity contribution in [1.82, 2.24) is 4.98 Å². The fourth-order valence-corrected chi connectivity index (χ4v) is 2.31. The molecule has 1 N–H and O–H groups in total. The van der Waals surface area contributed by atoms with Gasteiger partial charge >= 0.3 is 0 Å². The molecule has 0 unspecified atom stereocenters. The Balaban J connectivity index is 1.68. The molecule has 1 fully saturated rings. The van der Waals surface area contributed by atoms with Crippen molar-refractivity contribution in [2.24, 2.45) is 0 Å². The average Bonchev–Trinajstić information content (AvgIpc) is 2.82. The number of pyridine rings is 1. The second-order valence-electron chi connectivity index (χ2n) is 4.52. The van der Waals surface area contributed by atoms with Crippen molar-refractivity contribution in [3.8, 4) is 0 Å². The number of hydrogen-bond acceptors (Lipinski definition) is 3. The standard InChI is InChI=1S/C13H19BrN2O/c1-10-8-13(16-9-12(10)14)15-6-7-17-11-4-2-3-5-11/h8-9,11H,2-7H2,1H3,(H,15,16). The van der Waals surface area contributed by atoms with E-state index in [0.29, 0.717) is 6.10 Å². The summed E-state index contributed by atoms with van der Waals surface area (Å²) >= 11 is 3.44. The molecule has 17 heavy (non-hydrogen) atoms. The summed E-state index contributed by atoms with van der Waals surface area (Å²) in [6.45, 7) is 3.65. The maximum atomic E-state index is 5.78. The van der Waals surface area contributed by atoms with Crippen LogP contribution in [0.25, 0.3) is 0 Å². The van der Waals surface area contributed by atoms with Gasteiger partial charge in [-0.1, -0.05) is 12.8 Å². The molecule has 0 saturated heterocycles. The molecule has 0 radical (unpaired) electrons. The lowest BCUT2D eigenvalue weighted by atomic mass is 10.3. The highest BCUT2D eigenvalue weighted by atomic mass is 79.9. The fourth-order valence-electron chi connectivity index (χ4n) is 2.10. The minimum atomic E-state index is 0.497. The molecule has 0 aliphatic heterocycles. The van der Waals surface area contributed by atoms with E-state index in [1.807, 2.05) is 12.3 Å². The van der Waals surface area contributed by atoms with Gasteiger partial charge in [0.25, 0.3) is 0 Å². The highest BCUT2D eigenvalue weighted by Crippen LogP contribution is 2.20. The lowest BCUT2D eigenvalue weighted by Crippen LogP contribution is -2.15. The molecule has 2 rings (SSSR count). The summed E-state index contributed by atoms with van der Waals surface area (Å²) in [4.78, 5) is 4.29. The van der Waals surface area contributed by atoms with E-state index >= 15 is 0 Å². The summed E-state index contributed by atoms with van der Waals surface area (Å²) in [6.07, 6.45) is 7.44. The molecule has 1 aromatic heterocycles. The van der Waals surface area contributed by atoms with Crippen molar-refractivity contribution >= 4 is 21.7 Å². The van der Waals surface area contributed by atoms with Crippen molar-refractivity contribution in [3.05, 3.63) is 22.3 Å². The number of nitrogens with one attached hydrogen (secondary N) is 1. The Labute approximate surface area is 111 Å². The highest BCUT2D eigenvalue weighted by Gasteiger charge is 2.14. The zero-order valence-electron chi connectivity index (χ0n) is 10.2. The SMILES string of the molecule is Cc1cc(NCCOC2CCCC2)ncc1Br. The summed E-state index contributed by atoms with van der Waals surface area (Å²) in [6, 6.07) is 2.04. The topological polar surface area (TPSA) is 34.1 Å². The number of ether oxygens (including phenoxy) is 1. The molecule has 1 aromatic rings. The van der Waals surface area contributed by atoms with E-state index < -0.39 is 0 Å². The first-order valence-electron chi connectivity index (χ1n) is 6.23. The van der Waals surface area contributed by atoms with Gasteiger partial charge in [-0.05, 0) is 47.3 Å². The number of aromatic nitrogens is 1. The molecule has 1 heterocycles. The van der Waals surface area contributed by atoms with Crippen LogP contribution in [0.5, 0.6) is 0 Å². The Morgan fingerprint density at radius 2 is 2.24 bits per heavy atom. The maximum absolute atomic E-state index is 5.78. The Kier molecular flexibility index (Phi) is 4.80. The molecule has 0 amide bonds. The first-order valence-corrected chi connectivity index (χ1v) is 7.02. The number of rotatable bonds is 5. The number of aryl methyl sites for hydroxylation is 1. The first-order chi connectivity index (χ1) is 8.25. The third kappa shape index (κ3) is 3.96. The summed E-state index contributed by atoms with van der Waals surface area (Å²) in [5, 5.41) is 3.28. The van der Waals surface area contributed by atoms with Gasteiger partial charge in [-0.15, -0.1) is 0 Å². The Hall–Kier alpha value is -0.610. The molecule has 94 valence electrons. The van der Waals surface area contributed by atoms with Gasteiger partial charge in [0.15, 0.2) is 0 Å². The van der Waals surface area contributed by atoms with Gasteiger partial charge in [-0.3, -0.25) is 0 Å². The highest BCUT2D eigenvalue weighted by molar-refractivity contribution is 9.10.